The molecule has 100 valence electrons. The lowest BCUT2D eigenvalue weighted by atomic mass is 10.1. The van der Waals surface area contributed by atoms with Crippen molar-refractivity contribution in [2.75, 3.05) is 12.8 Å². The first kappa shape index (κ1) is 14.2. The van der Waals surface area contributed by atoms with Crippen molar-refractivity contribution in [3.8, 4) is 0 Å². The van der Waals surface area contributed by atoms with Gasteiger partial charge in [0.1, 0.15) is 0 Å². The molecule has 0 saturated carbocycles. The van der Waals surface area contributed by atoms with Crippen LogP contribution in [0, 0.1) is 0 Å². The minimum absolute atomic E-state index is 0.712. The Morgan fingerprint density at radius 2 is 1.58 bits per heavy atom. The summed E-state index contributed by atoms with van der Waals surface area (Å²) in [5.74, 6) is 0. The number of anilines is 1. The van der Waals surface area contributed by atoms with Gasteiger partial charge < -0.3 is 5.73 Å². The molecule has 2 N–H and O–H groups in total. The predicted molar refractivity (Wildman–Crippen MR) is 82.5 cm³/mol. The monoisotopic (exact) mass is 294 g/mol. The molecule has 2 rings (SSSR count). The first-order chi connectivity index (χ1) is 9.04. The van der Waals surface area contributed by atoms with Crippen LogP contribution in [0.1, 0.15) is 11.1 Å². The molecular weight excluding hydrogens is 279 g/mol. The van der Waals surface area contributed by atoms with E-state index in [2.05, 4.69) is 11.9 Å². The second-order valence-electron chi connectivity index (χ2n) is 4.64. The summed E-state index contributed by atoms with van der Waals surface area (Å²) in [7, 11) is 2.05. The maximum Gasteiger partial charge on any atom is 0.0410 e. The summed E-state index contributed by atoms with van der Waals surface area (Å²) >= 11 is 11.9. The SMILES string of the molecule is CN(Cc1ccc(Cl)cc1)Cc1cc(Cl)ccc1N. The van der Waals surface area contributed by atoms with Crippen LogP contribution in [0.2, 0.25) is 10.0 Å². The molecule has 4 heteroatoms. The summed E-state index contributed by atoms with van der Waals surface area (Å²) in [5, 5.41) is 1.47. The standard InChI is InChI=1S/C15H16Cl2N2/c1-19(9-11-2-4-13(16)5-3-11)10-12-8-14(17)6-7-15(12)18/h2-8H,9-10,18H2,1H3. The molecule has 0 spiro atoms. The van der Waals surface area contributed by atoms with Crippen LogP contribution in [0.5, 0.6) is 0 Å². The summed E-state index contributed by atoms with van der Waals surface area (Å²) in [6.07, 6.45) is 0. The van der Waals surface area contributed by atoms with E-state index in [-0.39, 0.29) is 0 Å². The maximum absolute atomic E-state index is 5.99. The van der Waals surface area contributed by atoms with Gasteiger partial charge in [0.2, 0.25) is 0 Å². The molecule has 0 heterocycles. The minimum Gasteiger partial charge on any atom is -0.398 e. The molecule has 0 amide bonds. The Balaban J connectivity index is 2.02. The van der Waals surface area contributed by atoms with E-state index in [1.165, 1.54) is 5.56 Å². The Morgan fingerprint density at radius 3 is 2.26 bits per heavy atom. The molecule has 19 heavy (non-hydrogen) atoms. The molecule has 0 saturated heterocycles. The van der Waals surface area contributed by atoms with E-state index in [1.54, 1.807) is 6.07 Å². The van der Waals surface area contributed by atoms with Crippen molar-refractivity contribution in [3.05, 3.63) is 63.6 Å². The van der Waals surface area contributed by atoms with Crippen LogP contribution < -0.4 is 5.73 Å². The van der Waals surface area contributed by atoms with Crippen LogP contribution >= 0.6 is 23.2 Å². The number of halogens is 2. The number of nitrogen functional groups attached to an aromatic ring is 1. The molecule has 0 aliphatic heterocycles. The van der Waals surface area contributed by atoms with Gasteiger partial charge in [0, 0.05) is 28.8 Å². The first-order valence-corrected chi connectivity index (χ1v) is 6.77. The fourth-order valence-electron chi connectivity index (χ4n) is 1.96. The topological polar surface area (TPSA) is 29.3 Å². The number of nitrogens with zero attached hydrogens (tertiary/aromatic N) is 1. The minimum atomic E-state index is 0.712. The zero-order valence-corrected chi connectivity index (χ0v) is 12.2. The third-order valence-corrected chi connectivity index (χ3v) is 3.40. The van der Waals surface area contributed by atoms with Gasteiger partial charge >= 0.3 is 0 Å². The Morgan fingerprint density at radius 1 is 0.947 bits per heavy atom. The molecule has 0 unspecified atom stereocenters. The smallest absolute Gasteiger partial charge is 0.0410 e. The van der Waals surface area contributed by atoms with Gasteiger partial charge in [0.05, 0.1) is 0 Å². The van der Waals surface area contributed by atoms with Crippen LogP contribution in [0.15, 0.2) is 42.5 Å². The van der Waals surface area contributed by atoms with Gasteiger partial charge in [-0.05, 0) is 48.5 Å². The summed E-state index contributed by atoms with van der Waals surface area (Å²) in [6, 6.07) is 13.4. The van der Waals surface area contributed by atoms with Crippen LogP contribution in [-0.2, 0) is 13.1 Å². The molecule has 2 aromatic rings. The highest BCUT2D eigenvalue weighted by atomic mass is 35.5. The fourth-order valence-corrected chi connectivity index (χ4v) is 2.28. The highest BCUT2D eigenvalue weighted by molar-refractivity contribution is 6.30. The van der Waals surface area contributed by atoms with Crippen molar-refractivity contribution >= 4 is 28.9 Å². The highest BCUT2D eigenvalue weighted by Gasteiger charge is 2.05. The van der Waals surface area contributed by atoms with Crippen molar-refractivity contribution in [2.45, 2.75) is 13.1 Å². The third-order valence-electron chi connectivity index (χ3n) is 2.91. The van der Waals surface area contributed by atoms with Gasteiger partial charge in [0.25, 0.3) is 0 Å². The third kappa shape index (κ3) is 4.13. The molecule has 0 aliphatic rings. The Bertz CT molecular complexity index is 553. The number of hydrogen-bond donors (Lipinski definition) is 1. The molecule has 0 radical (unpaired) electrons. The number of hydrogen-bond acceptors (Lipinski definition) is 2. The number of benzene rings is 2. The first-order valence-electron chi connectivity index (χ1n) is 6.01. The molecule has 2 nitrogen and oxygen atoms in total. The Hall–Kier alpha value is -1.22. The fraction of sp³-hybridized carbons (Fsp3) is 0.200. The van der Waals surface area contributed by atoms with Crippen molar-refractivity contribution in [1.29, 1.82) is 0 Å². The lowest BCUT2D eigenvalue weighted by molar-refractivity contribution is 0.319. The summed E-state index contributed by atoms with van der Waals surface area (Å²) < 4.78 is 0. The quantitative estimate of drug-likeness (QED) is 0.856. The van der Waals surface area contributed by atoms with E-state index in [1.807, 2.05) is 36.4 Å². The average Bonchev–Trinajstić information content (AvgIpc) is 2.37. The van der Waals surface area contributed by atoms with Crippen molar-refractivity contribution in [3.63, 3.8) is 0 Å². The molecule has 0 atom stereocenters. The molecule has 0 bridgehead atoms. The van der Waals surface area contributed by atoms with E-state index in [0.29, 0.717) is 5.02 Å². The summed E-state index contributed by atoms with van der Waals surface area (Å²) in [4.78, 5) is 2.19. The zero-order valence-electron chi connectivity index (χ0n) is 10.7. The lowest BCUT2D eigenvalue weighted by Gasteiger charge is -2.18. The van der Waals surface area contributed by atoms with Gasteiger partial charge in [-0.2, -0.15) is 0 Å². The van der Waals surface area contributed by atoms with Gasteiger partial charge in [-0.15, -0.1) is 0 Å². The molecule has 0 aromatic heterocycles. The van der Waals surface area contributed by atoms with Crippen molar-refractivity contribution in [1.82, 2.24) is 4.90 Å². The van der Waals surface area contributed by atoms with E-state index in [9.17, 15) is 0 Å². The van der Waals surface area contributed by atoms with Gasteiger partial charge in [-0.3, -0.25) is 4.90 Å². The molecule has 0 fully saturated rings. The lowest BCUT2D eigenvalue weighted by Crippen LogP contribution is -2.18. The second kappa shape index (κ2) is 6.29. The van der Waals surface area contributed by atoms with Crippen LogP contribution in [0.25, 0.3) is 0 Å². The van der Waals surface area contributed by atoms with E-state index in [0.717, 1.165) is 29.4 Å². The van der Waals surface area contributed by atoms with Crippen molar-refractivity contribution in [2.24, 2.45) is 0 Å². The maximum atomic E-state index is 5.99. The summed E-state index contributed by atoms with van der Waals surface area (Å²) in [6.45, 7) is 1.60. The van der Waals surface area contributed by atoms with Gasteiger partial charge in [0.15, 0.2) is 0 Å². The van der Waals surface area contributed by atoms with Crippen LogP contribution in [0.4, 0.5) is 5.69 Å². The predicted octanol–water partition coefficient (Wildman–Crippen LogP) is 4.21. The van der Waals surface area contributed by atoms with Crippen molar-refractivity contribution < 1.29 is 0 Å². The Labute approximate surface area is 123 Å². The van der Waals surface area contributed by atoms with Crippen LogP contribution in [0.3, 0.4) is 0 Å². The second-order valence-corrected chi connectivity index (χ2v) is 5.51. The number of rotatable bonds is 4. The molecule has 2 aromatic carbocycles. The normalized spacial score (nSPS) is 10.9. The molecular formula is C15H16Cl2N2. The van der Waals surface area contributed by atoms with Gasteiger partial charge in [-0.1, -0.05) is 35.3 Å². The van der Waals surface area contributed by atoms with E-state index >= 15 is 0 Å². The highest BCUT2D eigenvalue weighted by Crippen LogP contribution is 2.20. The van der Waals surface area contributed by atoms with E-state index < -0.39 is 0 Å². The Kier molecular flexibility index (Phi) is 4.70. The largest absolute Gasteiger partial charge is 0.398 e. The van der Waals surface area contributed by atoms with E-state index in [4.69, 9.17) is 28.9 Å². The van der Waals surface area contributed by atoms with Crippen LogP contribution in [-0.4, -0.2) is 11.9 Å². The van der Waals surface area contributed by atoms with Gasteiger partial charge in [-0.25, -0.2) is 0 Å². The summed E-state index contributed by atoms with van der Waals surface area (Å²) in [5.41, 5.74) is 8.98. The molecule has 0 aliphatic carbocycles. The zero-order chi connectivity index (χ0) is 13.8. The average molecular weight is 295 g/mol. The number of nitrogens with two attached hydrogens (primary N) is 1.